The number of aryl methyl sites for hydroxylation is 1. The lowest BCUT2D eigenvalue weighted by atomic mass is 10.2. The maximum Gasteiger partial charge on any atom is 0.138 e. The molecule has 3 N–H and O–H groups in total. The summed E-state index contributed by atoms with van der Waals surface area (Å²) in [5, 5.41) is 2.93. The topological polar surface area (TPSA) is 38.0 Å². The lowest BCUT2D eigenvalue weighted by Gasteiger charge is -2.05. The molecular formula is C9H10N2S2. The van der Waals surface area contributed by atoms with E-state index in [0.717, 1.165) is 5.69 Å². The number of nitrogens with one attached hydrogen (secondary N) is 1. The zero-order valence-electron chi connectivity index (χ0n) is 7.20. The van der Waals surface area contributed by atoms with Crippen LogP contribution in [0.25, 0.3) is 0 Å². The van der Waals surface area contributed by atoms with Crippen LogP contribution >= 0.6 is 24.4 Å². The monoisotopic (exact) mass is 210 g/mol. The molecule has 0 aromatic heterocycles. The Morgan fingerprint density at radius 2 is 1.77 bits per heavy atom. The van der Waals surface area contributed by atoms with E-state index in [1.807, 2.05) is 31.2 Å². The van der Waals surface area contributed by atoms with Crippen LogP contribution in [0.4, 0.5) is 5.69 Å². The normalized spacial score (nSPS) is 9.31. The van der Waals surface area contributed by atoms with Gasteiger partial charge in [0.1, 0.15) is 9.98 Å². The van der Waals surface area contributed by atoms with Crippen molar-refractivity contribution in [2.75, 3.05) is 5.32 Å². The SMILES string of the molecule is Cc1ccc(NC(=S)C(N)=S)cc1. The van der Waals surface area contributed by atoms with E-state index in [0.29, 0.717) is 4.99 Å². The molecule has 0 unspecified atom stereocenters. The molecule has 0 atom stereocenters. The number of hydrogen-bond acceptors (Lipinski definition) is 2. The summed E-state index contributed by atoms with van der Waals surface area (Å²) in [7, 11) is 0. The maximum absolute atomic E-state index is 5.34. The van der Waals surface area contributed by atoms with Gasteiger partial charge < -0.3 is 11.1 Å². The van der Waals surface area contributed by atoms with Gasteiger partial charge in [0.25, 0.3) is 0 Å². The van der Waals surface area contributed by atoms with Gasteiger partial charge in [0.15, 0.2) is 0 Å². The summed E-state index contributed by atoms with van der Waals surface area (Å²) in [5.41, 5.74) is 7.45. The van der Waals surface area contributed by atoms with E-state index in [2.05, 4.69) is 5.32 Å². The van der Waals surface area contributed by atoms with Crippen LogP contribution in [0.1, 0.15) is 5.56 Å². The summed E-state index contributed by atoms with van der Waals surface area (Å²) in [6.45, 7) is 2.02. The van der Waals surface area contributed by atoms with Gasteiger partial charge in [-0.05, 0) is 19.1 Å². The molecule has 0 radical (unpaired) electrons. The summed E-state index contributed by atoms with van der Waals surface area (Å²) in [6, 6.07) is 7.84. The van der Waals surface area contributed by atoms with Gasteiger partial charge in [-0.25, -0.2) is 0 Å². The smallest absolute Gasteiger partial charge is 0.138 e. The highest BCUT2D eigenvalue weighted by molar-refractivity contribution is 7.89. The minimum Gasteiger partial charge on any atom is -0.388 e. The van der Waals surface area contributed by atoms with Crippen molar-refractivity contribution in [1.29, 1.82) is 0 Å². The third kappa shape index (κ3) is 3.08. The second kappa shape index (κ2) is 4.30. The fourth-order valence-electron chi connectivity index (χ4n) is 0.830. The van der Waals surface area contributed by atoms with Gasteiger partial charge in [-0.2, -0.15) is 0 Å². The Bertz CT molecular complexity index is 330. The number of benzene rings is 1. The molecule has 0 amide bonds. The second-order valence-corrected chi connectivity index (χ2v) is 3.53. The van der Waals surface area contributed by atoms with Crippen LogP contribution in [0.3, 0.4) is 0 Å². The predicted octanol–water partition coefficient (Wildman–Crippen LogP) is 2.02. The largest absolute Gasteiger partial charge is 0.388 e. The van der Waals surface area contributed by atoms with E-state index >= 15 is 0 Å². The molecule has 4 heteroatoms. The molecule has 2 nitrogen and oxygen atoms in total. The summed E-state index contributed by atoms with van der Waals surface area (Å²) in [5.74, 6) is 0. The van der Waals surface area contributed by atoms with Crippen LogP contribution in [-0.2, 0) is 0 Å². The van der Waals surface area contributed by atoms with E-state index in [1.54, 1.807) is 0 Å². The molecular weight excluding hydrogens is 200 g/mol. The quantitative estimate of drug-likeness (QED) is 0.696. The third-order valence-corrected chi connectivity index (χ3v) is 2.19. The summed E-state index contributed by atoms with van der Waals surface area (Å²) < 4.78 is 0. The Hall–Kier alpha value is -1.00. The number of hydrogen-bond donors (Lipinski definition) is 2. The van der Waals surface area contributed by atoms with Gasteiger partial charge in [0.05, 0.1) is 0 Å². The Balaban J connectivity index is 2.70. The molecule has 0 spiro atoms. The van der Waals surface area contributed by atoms with Crippen molar-refractivity contribution in [1.82, 2.24) is 0 Å². The van der Waals surface area contributed by atoms with Gasteiger partial charge in [0.2, 0.25) is 0 Å². The number of rotatable bonds is 1. The molecule has 0 fully saturated rings. The average Bonchev–Trinajstić information content (AvgIpc) is 2.08. The average molecular weight is 210 g/mol. The van der Waals surface area contributed by atoms with Gasteiger partial charge in [-0.15, -0.1) is 0 Å². The Morgan fingerprint density at radius 1 is 1.23 bits per heavy atom. The summed E-state index contributed by atoms with van der Waals surface area (Å²) >= 11 is 9.63. The molecule has 13 heavy (non-hydrogen) atoms. The van der Waals surface area contributed by atoms with Crippen LogP contribution in [-0.4, -0.2) is 9.98 Å². The van der Waals surface area contributed by atoms with Crippen molar-refractivity contribution in [3.63, 3.8) is 0 Å². The van der Waals surface area contributed by atoms with Gasteiger partial charge in [-0.3, -0.25) is 0 Å². The first-order valence-corrected chi connectivity index (χ1v) is 4.58. The molecule has 1 rings (SSSR count). The van der Waals surface area contributed by atoms with Gasteiger partial charge in [0, 0.05) is 5.69 Å². The summed E-state index contributed by atoms with van der Waals surface area (Å²) in [4.78, 5) is 0.620. The lowest BCUT2D eigenvalue weighted by molar-refractivity contribution is 1.47. The molecule has 1 aromatic rings. The molecule has 1 aromatic carbocycles. The molecule has 0 saturated heterocycles. The lowest BCUT2D eigenvalue weighted by Crippen LogP contribution is -2.25. The highest BCUT2D eigenvalue weighted by Gasteiger charge is 1.99. The van der Waals surface area contributed by atoms with Crippen molar-refractivity contribution in [2.45, 2.75) is 6.92 Å². The van der Waals surface area contributed by atoms with E-state index in [9.17, 15) is 0 Å². The highest BCUT2D eigenvalue weighted by atomic mass is 32.1. The minimum absolute atomic E-state index is 0.218. The van der Waals surface area contributed by atoms with E-state index in [1.165, 1.54) is 5.56 Å². The predicted molar refractivity (Wildman–Crippen MR) is 64.2 cm³/mol. The first-order chi connectivity index (χ1) is 6.09. The van der Waals surface area contributed by atoms with Gasteiger partial charge >= 0.3 is 0 Å². The van der Waals surface area contributed by atoms with Crippen LogP contribution in [0.2, 0.25) is 0 Å². The van der Waals surface area contributed by atoms with Gasteiger partial charge in [-0.1, -0.05) is 42.1 Å². The fourth-order valence-corrected chi connectivity index (χ4v) is 0.998. The van der Waals surface area contributed by atoms with Crippen molar-refractivity contribution in [3.8, 4) is 0 Å². The number of nitrogens with two attached hydrogens (primary N) is 1. The third-order valence-electron chi connectivity index (χ3n) is 1.53. The van der Waals surface area contributed by atoms with Crippen LogP contribution < -0.4 is 11.1 Å². The van der Waals surface area contributed by atoms with Crippen molar-refractivity contribution in [3.05, 3.63) is 29.8 Å². The van der Waals surface area contributed by atoms with Crippen LogP contribution in [0.15, 0.2) is 24.3 Å². The van der Waals surface area contributed by atoms with E-state index in [4.69, 9.17) is 30.2 Å². The molecule has 0 saturated carbocycles. The van der Waals surface area contributed by atoms with Crippen molar-refractivity contribution < 1.29 is 0 Å². The van der Waals surface area contributed by atoms with E-state index in [-0.39, 0.29) is 4.99 Å². The Kier molecular flexibility index (Phi) is 3.33. The minimum atomic E-state index is 0.218. The molecule has 68 valence electrons. The Labute approximate surface area is 88.1 Å². The standard InChI is InChI=1S/C9H10N2S2/c1-6-2-4-7(5-3-6)11-9(13)8(10)12/h2-5H,1H3,(H2,10,12)(H,11,13). The molecule has 0 heterocycles. The molecule has 0 aliphatic rings. The number of anilines is 1. The van der Waals surface area contributed by atoms with Crippen LogP contribution in [0, 0.1) is 6.92 Å². The molecule has 0 aliphatic heterocycles. The highest BCUT2D eigenvalue weighted by Crippen LogP contribution is 2.08. The maximum atomic E-state index is 5.34. The molecule has 0 bridgehead atoms. The van der Waals surface area contributed by atoms with Crippen molar-refractivity contribution >= 4 is 40.1 Å². The first kappa shape index (κ1) is 10.1. The van der Waals surface area contributed by atoms with Crippen molar-refractivity contribution in [2.24, 2.45) is 5.73 Å². The van der Waals surface area contributed by atoms with E-state index < -0.39 is 0 Å². The Morgan fingerprint density at radius 3 is 2.23 bits per heavy atom. The second-order valence-electron chi connectivity index (χ2n) is 2.68. The fraction of sp³-hybridized carbons (Fsp3) is 0.111. The molecule has 0 aliphatic carbocycles. The number of thiocarbonyl (C=S) groups is 2. The zero-order valence-corrected chi connectivity index (χ0v) is 8.84. The first-order valence-electron chi connectivity index (χ1n) is 3.77. The van der Waals surface area contributed by atoms with Crippen LogP contribution in [0.5, 0.6) is 0 Å². The zero-order chi connectivity index (χ0) is 9.84. The summed E-state index contributed by atoms with van der Waals surface area (Å²) in [6.07, 6.45) is 0.